The molecule has 7 heteroatoms. The summed E-state index contributed by atoms with van der Waals surface area (Å²) in [6.45, 7) is 0.588. The number of amides is 1. The number of hydroxylamine groups is 2. The molecule has 0 aromatic heterocycles. The highest BCUT2D eigenvalue weighted by Crippen LogP contribution is 2.31. The molecule has 3 N–H and O–H groups in total. The quantitative estimate of drug-likeness (QED) is 0.628. The molecule has 0 radical (unpaired) electrons. The summed E-state index contributed by atoms with van der Waals surface area (Å²) in [5.41, 5.74) is 4.13. The summed E-state index contributed by atoms with van der Waals surface area (Å²) < 4.78 is 5.27. The molecule has 0 fully saturated rings. The topological polar surface area (TPSA) is 88.2 Å². The number of methoxy groups -OCH3 is 1. The maximum absolute atomic E-state index is 11.9. The van der Waals surface area contributed by atoms with Gasteiger partial charge in [-0.1, -0.05) is 42.1 Å². The maximum Gasteiger partial charge on any atom is 0.278 e. The van der Waals surface area contributed by atoms with Crippen LogP contribution in [0.25, 0.3) is 0 Å². The van der Waals surface area contributed by atoms with E-state index in [9.17, 15) is 10.0 Å². The van der Waals surface area contributed by atoms with Crippen molar-refractivity contribution in [3.8, 4) is 0 Å². The van der Waals surface area contributed by atoms with Crippen LogP contribution in [0.15, 0.2) is 35.3 Å². The van der Waals surface area contributed by atoms with E-state index >= 15 is 0 Å². The predicted octanol–water partition coefficient (Wildman–Crippen LogP) is 0.765. The molecule has 1 aromatic carbocycles. The molecule has 102 valence electrons. The zero-order chi connectivity index (χ0) is 13.9. The molecule has 1 amide bonds. The van der Waals surface area contributed by atoms with Gasteiger partial charge in [-0.25, -0.2) is 0 Å². The van der Waals surface area contributed by atoms with Crippen molar-refractivity contribution in [2.24, 2.45) is 10.7 Å². The van der Waals surface area contributed by atoms with Crippen LogP contribution in [0.5, 0.6) is 0 Å². The molecule has 1 aromatic rings. The van der Waals surface area contributed by atoms with Gasteiger partial charge in [0, 0.05) is 18.4 Å². The van der Waals surface area contributed by atoms with Gasteiger partial charge in [-0.3, -0.25) is 15.0 Å². The third-order valence-corrected chi connectivity index (χ3v) is 3.79. The van der Waals surface area contributed by atoms with Gasteiger partial charge in [0.05, 0.1) is 6.54 Å². The molecule has 1 unspecified atom stereocenters. The van der Waals surface area contributed by atoms with Gasteiger partial charge in [0.1, 0.15) is 0 Å². The Morgan fingerprint density at radius 2 is 2.21 bits per heavy atom. The minimum Gasteiger partial charge on any atom is -0.365 e. The van der Waals surface area contributed by atoms with Crippen LogP contribution in [0.4, 0.5) is 0 Å². The third kappa shape index (κ3) is 2.32. The number of benzene rings is 1. The average Bonchev–Trinajstić information content (AvgIpc) is 2.94. The van der Waals surface area contributed by atoms with Crippen molar-refractivity contribution in [1.82, 2.24) is 5.06 Å². The summed E-state index contributed by atoms with van der Waals surface area (Å²) in [4.78, 5) is 16.0. The number of nitrogens with two attached hydrogens (primary N) is 1. The number of primary amides is 1. The molecule has 0 saturated heterocycles. The second-order valence-electron chi connectivity index (χ2n) is 3.90. The highest BCUT2D eigenvalue weighted by atomic mass is 32.2. The molecule has 0 saturated carbocycles. The van der Waals surface area contributed by atoms with Crippen molar-refractivity contribution < 1.29 is 14.7 Å². The van der Waals surface area contributed by atoms with E-state index in [2.05, 4.69) is 4.99 Å². The fourth-order valence-corrected chi connectivity index (χ4v) is 2.72. The SMILES string of the molecule is COC(C(N)=O)(c1ccccc1)N(O)C1=NCCS1. The molecule has 1 aliphatic rings. The Morgan fingerprint density at radius 1 is 1.53 bits per heavy atom. The molecule has 1 heterocycles. The van der Waals surface area contributed by atoms with E-state index in [1.807, 2.05) is 0 Å². The Morgan fingerprint density at radius 3 is 2.68 bits per heavy atom. The highest BCUT2D eigenvalue weighted by molar-refractivity contribution is 8.14. The van der Waals surface area contributed by atoms with E-state index in [-0.39, 0.29) is 0 Å². The predicted molar refractivity (Wildman–Crippen MR) is 72.7 cm³/mol. The van der Waals surface area contributed by atoms with Crippen LogP contribution in [0, 0.1) is 0 Å². The fourth-order valence-electron chi connectivity index (χ4n) is 1.92. The van der Waals surface area contributed by atoms with Crippen LogP contribution in [-0.2, 0) is 15.3 Å². The summed E-state index contributed by atoms with van der Waals surface area (Å²) in [7, 11) is 1.32. The number of hydrogen-bond donors (Lipinski definition) is 2. The molecule has 0 spiro atoms. The van der Waals surface area contributed by atoms with E-state index in [0.717, 1.165) is 5.75 Å². The van der Waals surface area contributed by atoms with Crippen LogP contribution in [0.2, 0.25) is 0 Å². The van der Waals surface area contributed by atoms with E-state index < -0.39 is 11.6 Å². The monoisotopic (exact) mass is 281 g/mol. The molecule has 0 bridgehead atoms. The number of ether oxygens (including phenoxy) is 1. The summed E-state index contributed by atoms with van der Waals surface area (Å²) in [5, 5.41) is 11.4. The van der Waals surface area contributed by atoms with Gasteiger partial charge < -0.3 is 10.5 Å². The average molecular weight is 281 g/mol. The molecule has 2 rings (SSSR count). The van der Waals surface area contributed by atoms with Crippen molar-refractivity contribution >= 4 is 22.8 Å². The normalized spacial score (nSPS) is 17.7. The number of thioether (sulfide) groups is 1. The van der Waals surface area contributed by atoms with E-state index in [1.54, 1.807) is 30.3 Å². The first-order valence-corrected chi connectivity index (χ1v) is 6.68. The van der Waals surface area contributed by atoms with Crippen molar-refractivity contribution in [3.63, 3.8) is 0 Å². The molecule has 1 atom stereocenters. The molecular weight excluding hydrogens is 266 g/mol. The Labute approximate surface area is 115 Å². The zero-order valence-corrected chi connectivity index (χ0v) is 11.3. The van der Waals surface area contributed by atoms with E-state index in [0.29, 0.717) is 22.3 Å². The molecule has 1 aliphatic heterocycles. The fraction of sp³-hybridized carbons (Fsp3) is 0.333. The van der Waals surface area contributed by atoms with E-state index in [4.69, 9.17) is 10.5 Å². The lowest BCUT2D eigenvalue weighted by atomic mass is 10.0. The number of amidine groups is 1. The van der Waals surface area contributed by atoms with E-state index in [1.165, 1.54) is 18.9 Å². The van der Waals surface area contributed by atoms with Crippen molar-refractivity contribution in [2.45, 2.75) is 5.72 Å². The largest absolute Gasteiger partial charge is 0.365 e. The van der Waals surface area contributed by atoms with Gasteiger partial charge in [0.15, 0.2) is 5.17 Å². The number of nitrogens with zero attached hydrogens (tertiary/aromatic N) is 2. The number of carbonyl (C=O) groups excluding carboxylic acids is 1. The zero-order valence-electron chi connectivity index (χ0n) is 10.4. The Hall–Kier alpha value is -1.57. The van der Waals surface area contributed by atoms with Crippen LogP contribution in [0.3, 0.4) is 0 Å². The molecule has 0 aliphatic carbocycles. The molecule has 6 nitrogen and oxygen atoms in total. The Bertz CT molecular complexity index is 494. The standard InChI is InChI=1S/C12H15N3O3S/c1-18-12(10(13)16,9-5-3-2-4-6-9)15(17)11-14-7-8-19-11/h2-6,17H,7-8H2,1H3,(H2,13,16). The summed E-state index contributed by atoms with van der Waals surface area (Å²) in [6.07, 6.45) is 0. The van der Waals surface area contributed by atoms with Crippen LogP contribution < -0.4 is 5.73 Å². The van der Waals surface area contributed by atoms with Gasteiger partial charge in [0.25, 0.3) is 11.6 Å². The van der Waals surface area contributed by atoms with Gasteiger partial charge in [-0.2, -0.15) is 5.06 Å². The lowest BCUT2D eigenvalue weighted by Crippen LogP contribution is -2.56. The Kier molecular flexibility index (Phi) is 4.08. The van der Waals surface area contributed by atoms with Crippen LogP contribution in [-0.4, -0.2) is 40.8 Å². The number of carbonyl (C=O) groups is 1. The smallest absolute Gasteiger partial charge is 0.278 e. The van der Waals surface area contributed by atoms with Crippen molar-refractivity contribution in [1.29, 1.82) is 0 Å². The third-order valence-electron chi connectivity index (χ3n) is 2.84. The Balaban J connectivity index is 2.48. The van der Waals surface area contributed by atoms with Crippen LogP contribution in [0.1, 0.15) is 5.56 Å². The molecule has 19 heavy (non-hydrogen) atoms. The maximum atomic E-state index is 11.9. The molecular formula is C12H15N3O3S. The first-order chi connectivity index (χ1) is 9.13. The van der Waals surface area contributed by atoms with Crippen molar-refractivity contribution in [3.05, 3.63) is 35.9 Å². The second-order valence-corrected chi connectivity index (χ2v) is 4.97. The summed E-state index contributed by atoms with van der Waals surface area (Å²) >= 11 is 1.34. The lowest BCUT2D eigenvalue weighted by Gasteiger charge is -2.36. The van der Waals surface area contributed by atoms with Gasteiger partial charge in [0.2, 0.25) is 0 Å². The van der Waals surface area contributed by atoms with Crippen LogP contribution >= 0.6 is 11.8 Å². The minimum absolute atomic E-state index is 0.324. The second kappa shape index (κ2) is 5.60. The first kappa shape index (κ1) is 13.9. The number of hydrogen-bond acceptors (Lipinski definition) is 6. The minimum atomic E-state index is -1.77. The highest BCUT2D eigenvalue weighted by Gasteiger charge is 2.47. The van der Waals surface area contributed by atoms with Gasteiger partial charge in [-0.05, 0) is 0 Å². The van der Waals surface area contributed by atoms with Gasteiger partial charge in [-0.15, -0.1) is 0 Å². The summed E-state index contributed by atoms with van der Waals surface area (Å²) in [5.74, 6) is -0.0568. The first-order valence-electron chi connectivity index (χ1n) is 5.70. The lowest BCUT2D eigenvalue weighted by molar-refractivity contribution is -0.226. The van der Waals surface area contributed by atoms with Crippen molar-refractivity contribution in [2.75, 3.05) is 19.4 Å². The van der Waals surface area contributed by atoms with Gasteiger partial charge >= 0.3 is 0 Å². The number of rotatable bonds is 4. The number of aliphatic imine (C=N–C) groups is 1. The summed E-state index contributed by atoms with van der Waals surface area (Å²) in [6, 6.07) is 8.61.